The molecule has 3 heterocycles. The Morgan fingerprint density at radius 3 is 1.81 bits per heavy atom. The molecule has 37 heavy (non-hydrogen) atoms. The molecule has 13 nitrogen and oxygen atoms in total. The third kappa shape index (κ3) is 6.74. The molecule has 4 rings (SSSR count). The second-order valence-electron chi connectivity index (χ2n) is 11.1. The van der Waals surface area contributed by atoms with Crippen molar-refractivity contribution in [3.63, 3.8) is 0 Å². The summed E-state index contributed by atoms with van der Waals surface area (Å²) in [5, 5.41) is 16.4. The van der Waals surface area contributed by atoms with Crippen molar-refractivity contribution >= 4 is 35.1 Å². The highest BCUT2D eigenvalue weighted by molar-refractivity contribution is 5.96. The smallest absolute Gasteiger partial charge is 0.233 e. The predicted octanol–water partition coefficient (Wildman–Crippen LogP) is 0.0348. The van der Waals surface area contributed by atoms with Crippen LogP contribution in [0.15, 0.2) is 18.2 Å². The van der Waals surface area contributed by atoms with Gasteiger partial charge in [-0.05, 0) is 25.0 Å². The largest absolute Gasteiger partial charge is 0.506 e. The zero-order valence-corrected chi connectivity index (χ0v) is 21.7. The van der Waals surface area contributed by atoms with Crippen LogP contribution in [0.2, 0.25) is 0 Å². The van der Waals surface area contributed by atoms with Crippen molar-refractivity contribution in [2.24, 2.45) is 28.3 Å². The summed E-state index contributed by atoms with van der Waals surface area (Å²) in [5.41, 5.74) is 25.1. The summed E-state index contributed by atoms with van der Waals surface area (Å²) in [6.07, 6.45) is 1.46. The first kappa shape index (κ1) is 26.8. The van der Waals surface area contributed by atoms with Crippen molar-refractivity contribution in [1.82, 2.24) is 15.0 Å². The fourth-order valence-electron chi connectivity index (χ4n) is 4.53. The average Bonchev–Trinajstić information content (AvgIpc) is 2.78. The minimum absolute atomic E-state index is 0.0851. The molecule has 2 aliphatic heterocycles. The molecule has 1 aromatic heterocycles. The van der Waals surface area contributed by atoms with Crippen molar-refractivity contribution in [2.75, 3.05) is 46.6 Å². The van der Waals surface area contributed by atoms with Gasteiger partial charge in [-0.3, -0.25) is 4.79 Å². The van der Waals surface area contributed by atoms with E-state index in [4.69, 9.17) is 27.9 Å². The monoisotopic (exact) mass is 513 g/mol. The number of hydrogen-bond acceptors (Lipinski definition) is 12. The first-order valence-corrected chi connectivity index (χ1v) is 12.6. The molecule has 0 saturated carbocycles. The first-order chi connectivity index (χ1) is 17.4. The normalized spacial score (nSPS) is 24.6. The highest BCUT2D eigenvalue weighted by Crippen LogP contribution is 2.30. The van der Waals surface area contributed by atoms with Gasteiger partial charge < -0.3 is 48.5 Å². The third-order valence-electron chi connectivity index (χ3n) is 6.39. The lowest BCUT2D eigenvalue weighted by atomic mass is 9.95. The van der Waals surface area contributed by atoms with Crippen LogP contribution in [-0.2, 0) is 4.79 Å². The molecule has 2 saturated heterocycles. The molecular formula is C24H39N11O2. The summed E-state index contributed by atoms with van der Waals surface area (Å²) >= 11 is 0. The number of rotatable bonds is 5. The van der Waals surface area contributed by atoms with E-state index in [2.05, 4.69) is 20.6 Å². The van der Waals surface area contributed by atoms with Crippen molar-refractivity contribution in [3.05, 3.63) is 18.2 Å². The van der Waals surface area contributed by atoms with Crippen LogP contribution in [0.3, 0.4) is 0 Å². The van der Waals surface area contributed by atoms with Gasteiger partial charge in [0, 0.05) is 67.5 Å². The summed E-state index contributed by atoms with van der Waals surface area (Å²) in [5.74, 6) is 0.892. The Bertz CT molecular complexity index is 1060. The molecule has 4 atom stereocenters. The maximum Gasteiger partial charge on any atom is 0.233 e. The van der Waals surface area contributed by atoms with E-state index in [1.165, 1.54) is 6.07 Å². The van der Waals surface area contributed by atoms with Crippen molar-refractivity contribution in [1.29, 1.82) is 0 Å². The van der Waals surface area contributed by atoms with Gasteiger partial charge in [-0.25, -0.2) is 0 Å². The van der Waals surface area contributed by atoms with Crippen molar-refractivity contribution in [2.45, 2.75) is 57.8 Å². The summed E-state index contributed by atoms with van der Waals surface area (Å²) in [7, 11) is 0. The minimum Gasteiger partial charge on any atom is -0.506 e. The number of phenolic OH excluding ortho intramolecular Hbond substituents is 1. The van der Waals surface area contributed by atoms with Gasteiger partial charge in [-0.2, -0.15) is 15.0 Å². The van der Waals surface area contributed by atoms with Gasteiger partial charge in [-0.1, -0.05) is 20.8 Å². The molecule has 0 bridgehead atoms. The van der Waals surface area contributed by atoms with Gasteiger partial charge in [0.25, 0.3) is 0 Å². The Morgan fingerprint density at radius 1 is 0.892 bits per heavy atom. The summed E-state index contributed by atoms with van der Waals surface area (Å²) < 4.78 is 0. The molecule has 11 N–H and O–H groups in total. The molecule has 0 spiro atoms. The van der Waals surface area contributed by atoms with Gasteiger partial charge in [0.1, 0.15) is 5.75 Å². The summed E-state index contributed by atoms with van der Waals surface area (Å²) in [6.45, 7) is 7.68. The van der Waals surface area contributed by atoms with Gasteiger partial charge in [0.2, 0.25) is 23.8 Å². The van der Waals surface area contributed by atoms with Crippen molar-refractivity contribution < 1.29 is 9.90 Å². The van der Waals surface area contributed by atoms with Crippen LogP contribution < -0.4 is 43.4 Å². The zero-order chi connectivity index (χ0) is 26.9. The maximum atomic E-state index is 12.3. The Morgan fingerprint density at radius 2 is 1.38 bits per heavy atom. The van der Waals surface area contributed by atoms with Crippen LogP contribution in [0.5, 0.6) is 5.75 Å². The number of amides is 1. The maximum absolute atomic E-state index is 12.3. The highest BCUT2D eigenvalue weighted by Gasteiger charge is 2.29. The highest BCUT2D eigenvalue weighted by atomic mass is 16.3. The standard InChI is InChI=1S/C24H39N11O2/c1-24(2,3)20(37)30-18-5-4-17(8-19(18)36)29-21-31-22(34-9-13(25)6-14(26)10-34)33-23(32-21)35-11-15(27)7-16(28)12-35/h4-5,8,13-16,36H,6-7,9-12,25-28H2,1-3H3,(H,30,37)(H,29,31,32,33)/t13-,14+,15-,16+. The van der Waals surface area contributed by atoms with E-state index in [9.17, 15) is 9.90 Å². The number of benzene rings is 1. The number of nitrogens with two attached hydrogens (primary N) is 4. The van der Waals surface area contributed by atoms with Gasteiger partial charge in [-0.15, -0.1) is 0 Å². The van der Waals surface area contributed by atoms with Crippen molar-refractivity contribution in [3.8, 4) is 5.75 Å². The second kappa shape index (κ2) is 10.6. The lowest BCUT2D eigenvalue weighted by molar-refractivity contribution is -0.123. The number of aromatic nitrogens is 3. The lowest BCUT2D eigenvalue weighted by Crippen LogP contribution is -2.54. The average molecular weight is 514 g/mol. The van der Waals surface area contributed by atoms with E-state index >= 15 is 0 Å². The minimum atomic E-state index is -0.597. The molecule has 0 unspecified atom stereocenters. The van der Waals surface area contributed by atoms with Crippen LogP contribution in [0.4, 0.5) is 29.2 Å². The van der Waals surface area contributed by atoms with E-state index in [0.29, 0.717) is 49.5 Å². The van der Waals surface area contributed by atoms with Gasteiger partial charge in [0.05, 0.1) is 5.69 Å². The van der Waals surface area contributed by atoms with Crippen LogP contribution in [-0.4, -0.2) is 76.3 Å². The molecule has 2 fully saturated rings. The number of carbonyl (C=O) groups is 1. The number of carbonyl (C=O) groups excluding carboxylic acids is 1. The Hall–Kier alpha value is -3.26. The molecule has 2 aliphatic rings. The Balaban J connectivity index is 1.62. The Kier molecular flexibility index (Phi) is 7.69. The predicted molar refractivity (Wildman–Crippen MR) is 145 cm³/mol. The summed E-state index contributed by atoms with van der Waals surface area (Å²) in [6, 6.07) is 4.47. The number of aromatic hydroxyl groups is 1. The van der Waals surface area contributed by atoms with Gasteiger partial charge in [0.15, 0.2) is 0 Å². The molecule has 202 valence electrons. The first-order valence-electron chi connectivity index (χ1n) is 12.6. The van der Waals surface area contributed by atoms with E-state index in [0.717, 1.165) is 12.8 Å². The number of hydrogen-bond donors (Lipinski definition) is 7. The Labute approximate surface area is 217 Å². The molecule has 1 aromatic carbocycles. The van der Waals surface area contributed by atoms with Crippen LogP contribution in [0.25, 0.3) is 0 Å². The summed E-state index contributed by atoms with van der Waals surface area (Å²) in [4.78, 5) is 30.2. The third-order valence-corrected chi connectivity index (χ3v) is 6.39. The van der Waals surface area contributed by atoms with E-state index in [1.807, 2.05) is 9.80 Å². The molecule has 1 amide bonds. The van der Waals surface area contributed by atoms with E-state index in [1.54, 1.807) is 32.9 Å². The van der Waals surface area contributed by atoms with Crippen LogP contribution in [0, 0.1) is 5.41 Å². The molecular weight excluding hydrogens is 474 g/mol. The topological polar surface area (TPSA) is 211 Å². The number of nitrogens with zero attached hydrogens (tertiary/aromatic N) is 5. The molecule has 0 aliphatic carbocycles. The zero-order valence-electron chi connectivity index (χ0n) is 21.7. The lowest BCUT2D eigenvalue weighted by Gasteiger charge is -2.37. The van der Waals surface area contributed by atoms with Crippen LogP contribution in [0.1, 0.15) is 33.6 Å². The molecule has 0 radical (unpaired) electrons. The fraction of sp³-hybridized carbons (Fsp3) is 0.583. The molecule has 2 aromatic rings. The second-order valence-corrected chi connectivity index (χ2v) is 11.1. The number of phenols is 1. The van der Waals surface area contributed by atoms with E-state index < -0.39 is 5.41 Å². The number of piperidine rings is 2. The SMILES string of the molecule is CC(C)(C)C(=O)Nc1ccc(Nc2nc(N3C[C@H](N)C[C@H](N)C3)nc(N3C[C@H](N)C[C@H](N)C3)n2)cc1O. The fourth-order valence-corrected chi connectivity index (χ4v) is 4.53. The van der Waals surface area contributed by atoms with Crippen LogP contribution >= 0.6 is 0 Å². The number of anilines is 5. The van der Waals surface area contributed by atoms with E-state index in [-0.39, 0.29) is 41.8 Å². The molecule has 13 heteroatoms. The number of nitrogens with one attached hydrogen (secondary N) is 2. The quantitative estimate of drug-likeness (QED) is 0.264. The van der Waals surface area contributed by atoms with Gasteiger partial charge >= 0.3 is 0 Å².